The average Bonchev–Trinajstić information content (AvgIpc) is 2.63. The largest absolute Gasteiger partial charge is 0.347 e. The molecule has 1 atom stereocenters. The van der Waals surface area contributed by atoms with Crippen LogP contribution in [0.15, 0.2) is 12.2 Å². The Morgan fingerprint density at radius 3 is 2.47 bits per heavy atom. The van der Waals surface area contributed by atoms with Gasteiger partial charge in [0, 0.05) is 26.2 Å². The van der Waals surface area contributed by atoms with Gasteiger partial charge in [0.25, 0.3) is 0 Å². The lowest BCUT2D eigenvalue weighted by atomic mass is 10.2. The van der Waals surface area contributed by atoms with Crippen LogP contribution in [0.25, 0.3) is 0 Å². The van der Waals surface area contributed by atoms with Crippen molar-refractivity contribution in [3.05, 3.63) is 12.2 Å². The molecule has 0 aromatic carbocycles. The van der Waals surface area contributed by atoms with Crippen molar-refractivity contribution < 1.29 is 9.59 Å². The van der Waals surface area contributed by atoms with Gasteiger partial charge in [-0.3, -0.25) is 9.59 Å². The summed E-state index contributed by atoms with van der Waals surface area (Å²) < 4.78 is 0. The summed E-state index contributed by atoms with van der Waals surface area (Å²) in [4.78, 5) is 26.7. The summed E-state index contributed by atoms with van der Waals surface area (Å²) >= 11 is 0. The van der Waals surface area contributed by atoms with E-state index in [9.17, 15) is 9.59 Å². The number of carbonyl (C=O) groups excluding carboxylic acids is 2. The number of hydrogen-bond donors (Lipinski definition) is 0. The van der Waals surface area contributed by atoms with Crippen LogP contribution in [0.5, 0.6) is 0 Å². The summed E-state index contributed by atoms with van der Waals surface area (Å²) in [6.45, 7) is 5.96. The van der Waals surface area contributed by atoms with Gasteiger partial charge in [-0.05, 0) is 19.8 Å². The Morgan fingerprint density at radius 1 is 1.40 bits per heavy atom. The Labute approximate surface area is 90.5 Å². The summed E-state index contributed by atoms with van der Waals surface area (Å²) in [7, 11) is 3.42. The molecule has 4 nitrogen and oxygen atoms in total. The molecule has 1 aliphatic rings. The van der Waals surface area contributed by atoms with Gasteiger partial charge in [0.15, 0.2) is 0 Å². The maximum Gasteiger partial charge on any atom is 0.249 e. The van der Waals surface area contributed by atoms with Crippen molar-refractivity contribution in [3.63, 3.8) is 0 Å². The van der Waals surface area contributed by atoms with E-state index in [1.54, 1.807) is 25.9 Å². The molecule has 0 saturated carbocycles. The summed E-state index contributed by atoms with van der Waals surface area (Å²) in [5.41, 5.74) is 0.494. The van der Waals surface area contributed by atoms with E-state index in [1.807, 2.05) is 0 Å². The number of rotatable bonds is 2. The zero-order valence-corrected chi connectivity index (χ0v) is 9.62. The summed E-state index contributed by atoms with van der Waals surface area (Å²) in [6, 6.07) is -0.288. The van der Waals surface area contributed by atoms with Crippen LogP contribution >= 0.6 is 0 Å². The molecule has 84 valence electrons. The Kier molecular flexibility index (Phi) is 3.50. The zero-order chi connectivity index (χ0) is 11.6. The van der Waals surface area contributed by atoms with Gasteiger partial charge in [-0.2, -0.15) is 0 Å². The molecule has 0 aromatic rings. The SMILES string of the molecule is C=C(C)C(=O)N1CCC[C@H]1C(=O)N(C)C. The number of amides is 2. The van der Waals surface area contributed by atoms with Gasteiger partial charge in [-0.15, -0.1) is 0 Å². The van der Waals surface area contributed by atoms with Crippen molar-refractivity contribution in [1.82, 2.24) is 9.80 Å². The minimum absolute atomic E-state index is 0.00194. The number of likely N-dealkylation sites (N-methyl/N-ethyl adjacent to an activating group) is 1. The molecule has 0 radical (unpaired) electrons. The molecule has 0 unspecified atom stereocenters. The minimum Gasteiger partial charge on any atom is -0.347 e. The van der Waals surface area contributed by atoms with Crippen molar-refractivity contribution in [2.24, 2.45) is 0 Å². The van der Waals surface area contributed by atoms with Crippen molar-refractivity contribution in [1.29, 1.82) is 0 Å². The van der Waals surface area contributed by atoms with Gasteiger partial charge in [0.2, 0.25) is 11.8 Å². The van der Waals surface area contributed by atoms with Crippen LogP contribution in [-0.4, -0.2) is 48.3 Å². The van der Waals surface area contributed by atoms with Crippen LogP contribution in [0.4, 0.5) is 0 Å². The highest BCUT2D eigenvalue weighted by atomic mass is 16.2. The molecule has 1 rings (SSSR count). The predicted octanol–water partition coefficient (Wildman–Crippen LogP) is 0.642. The van der Waals surface area contributed by atoms with Gasteiger partial charge in [-0.1, -0.05) is 6.58 Å². The van der Waals surface area contributed by atoms with E-state index in [-0.39, 0.29) is 17.9 Å². The monoisotopic (exact) mass is 210 g/mol. The van der Waals surface area contributed by atoms with Crippen molar-refractivity contribution in [2.45, 2.75) is 25.8 Å². The van der Waals surface area contributed by atoms with E-state index in [0.29, 0.717) is 12.1 Å². The first-order valence-corrected chi connectivity index (χ1v) is 5.12. The van der Waals surface area contributed by atoms with Crippen LogP contribution < -0.4 is 0 Å². The van der Waals surface area contributed by atoms with Crippen molar-refractivity contribution >= 4 is 11.8 Å². The molecular formula is C11H18N2O2. The molecule has 1 saturated heterocycles. The molecule has 1 heterocycles. The van der Waals surface area contributed by atoms with E-state index in [4.69, 9.17) is 0 Å². The molecular weight excluding hydrogens is 192 g/mol. The number of likely N-dealkylation sites (tertiary alicyclic amines) is 1. The second-order valence-corrected chi connectivity index (χ2v) is 4.17. The van der Waals surface area contributed by atoms with Crippen molar-refractivity contribution in [3.8, 4) is 0 Å². The second-order valence-electron chi connectivity index (χ2n) is 4.17. The Hall–Kier alpha value is -1.32. The number of carbonyl (C=O) groups is 2. The van der Waals surface area contributed by atoms with E-state index < -0.39 is 0 Å². The smallest absolute Gasteiger partial charge is 0.249 e. The molecule has 2 amide bonds. The minimum atomic E-state index is -0.288. The third kappa shape index (κ3) is 2.37. The highest BCUT2D eigenvalue weighted by molar-refractivity contribution is 5.96. The van der Waals surface area contributed by atoms with Gasteiger partial charge in [0.1, 0.15) is 6.04 Å². The standard InChI is InChI=1S/C11H18N2O2/c1-8(2)10(14)13-7-5-6-9(13)11(15)12(3)4/h9H,1,5-7H2,2-4H3/t9-/m0/s1. The molecule has 0 aromatic heterocycles. The molecule has 1 aliphatic heterocycles. The summed E-state index contributed by atoms with van der Waals surface area (Å²) in [6.07, 6.45) is 1.65. The van der Waals surface area contributed by atoms with Gasteiger partial charge < -0.3 is 9.80 Å². The number of nitrogens with zero attached hydrogens (tertiary/aromatic N) is 2. The molecule has 4 heteroatoms. The Morgan fingerprint density at radius 2 is 2.00 bits per heavy atom. The van der Waals surface area contributed by atoms with E-state index in [0.717, 1.165) is 12.8 Å². The molecule has 0 bridgehead atoms. The molecule has 1 fully saturated rings. The fourth-order valence-electron chi connectivity index (χ4n) is 1.81. The van der Waals surface area contributed by atoms with Crippen LogP contribution in [0.1, 0.15) is 19.8 Å². The summed E-state index contributed by atoms with van der Waals surface area (Å²) in [5, 5.41) is 0. The van der Waals surface area contributed by atoms with Gasteiger partial charge >= 0.3 is 0 Å². The Balaban J connectivity index is 2.77. The lowest BCUT2D eigenvalue weighted by Crippen LogP contribution is -2.45. The normalized spacial score (nSPS) is 20.2. The molecule has 0 aliphatic carbocycles. The van der Waals surface area contributed by atoms with E-state index in [1.165, 1.54) is 4.90 Å². The molecule has 15 heavy (non-hydrogen) atoms. The lowest BCUT2D eigenvalue weighted by Gasteiger charge is -2.26. The van der Waals surface area contributed by atoms with Crippen molar-refractivity contribution in [2.75, 3.05) is 20.6 Å². The third-order valence-corrected chi connectivity index (χ3v) is 2.60. The fourth-order valence-corrected chi connectivity index (χ4v) is 1.81. The molecule has 0 N–H and O–H groups in total. The molecule has 0 spiro atoms. The van der Waals surface area contributed by atoms with Crippen LogP contribution in [0.3, 0.4) is 0 Å². The average molecular weight is 210 g/mol. The lowest BCUT2D eigenvalue weighted by molar-refractivity contribution is -0.140. The van der Waals surface area contributed by atoms with E-state index >= 15 is 0 Å². The van der Waals surface area contributed by atoms with Crippen LogP contribution in [-0.2, 0) is 9.59 Å². The zero-order valence-electron chi connectivity index (χ0n) is 9.62. The Bertz CT molecular complexity index is 297. The first-order chi connectivity index (χ1) is 6.95. The maximum atomic E-state index is 11.8. The third-order valence-electron chi connectivity index (χ3n) is 2.60. The first-order valence-electron chi connectivity index (χ1n) is 5.12. The topological polar surface area (TPSA) is 40.6 Å². The second kappa shape index (κ2) is 4.47. The van der Waals surface area contributed by atoms with Gasteiger partial charge in [0.05, 0.1) is 0 Å². The highest BCUT2D eigenvalue weighted by Gasteiger charge is 2.34. The maximum absolute atomic E-state index is 11.8. The van der Waals surface area contributed by atoms with Crippen LogP contribution in [0, 0.1) is 0 Å². The van der Waals surface area contributed by atoms with Gasteiger partial charge in [-0.25, -0.2) is 0 Å². The quantitative estimate of drug-likeness (QED) is 0.628. The predicted molar refractivity (Wildman–Crippen MR) is 58.2 cm³/mol. The first kappa shape index (κ1) is 11.8. The van der Waals surface area contributed by atoms with Crippen LogP contribution in [0.2, 0.25) is 0 Å². The fraction of sp³-hybridized carbons (Fsp3) is 0.636. The highest BCUT2D eigenvalue weighted by Crippen LogP contribution is 2.20. The number of hydrogen-bond acceptors (Lipinski definition) is 2. The summed E-state index contributed by atoms with van der Waals surface area (Å²) in [5.74, 6) is -0.102. The van der Waals surface area contributed by atoms with E-state index in [2.05, 4.69) is 6.58 Å².